The highest BCUT2D eigenvalue weighted by atomic mass is 35.5. The highest BCUT2D eigenvalue weighted by Gasteiger charge is 2.39. The first-order valence-corrected chi connectivity index (χ1v) is 21.6. The highest BCUT2D eigenvalue weighted by Crippen LogP contribution is 2.39. The first-order valence-electron chi connectivity index (χ1n) is 21.2. The van der Waals surface area contributed by atoms with Gasteiger partial charge in [0.25, 0.3) is 5.91 Å². The molecule has 3 saturated heterocycles. The minimum atomic E-state index is -4.79. The molecule has 1 atom stereocenters. The third-order valence-electron chi connectivity index (χ3n) is 12.5. The number of nitrogens with two attached hydrogens (primary N) is 1. The number of ether oxygens (including phenoxy) is 2. The molecule has 16 heteroatoms. The molecule has 0 aliphatic carbocycles. The molecule has 324 valence electrons. The molecule has 0 radical (unpaired) electrons. The minimum absolute atomic E-state index is 0.0663. The van der Waals surface area contributed by atoms with Crippen LogP contribution in [0.3, 0.4) is 0 Å². The molecular weight excluding hydrogens is 789 g/mol. The molecule has 4 aliphatic heterocycles. The fraction of sp³-hybridized carbons (Fsp3) is 0.628. The molecule has 4 heterocycles. The molecule has 2 aromatic carbocycles. The second-order valence-corrected chi connectivity index (χ2v) is 16.8. The number of nitrogen functional groups attached to an aromatic ring is 1. The molecule has 3 N–H and O–H groups in total. The molecular formula is C43H58ClF3N6O6. The number of alkyl halides is 3. The molecule has 0 aromatic heterocycles. The van der Waals surface area contributed by atoms with Crippen molar-refractivity contribution in [2.24, 2.45) is 11.8 Å². The standard InChI is InChI=1S/C43H58ClF3N6O6/c1-2-3-4-7-24-58-38(54)28-50-17-10-30(11-18-50)31-12-19-51(20-13-31)40(55)37(27-29-25-34(43(45,46)47)39(48)35(44)26-29)59-42(57)52-21-15-33(16-22-52)53-23-14-32-8-5-6-9-36(32)49-41(53)56/h5-6,8-9,25-26,30-31,33,37H,2-4,7,10-24,27-28,48H2,1H3,(H,49,56)/t37-/m1/s1. The molecule has 0 saturated carbocycles. The number of benzene rings is 2. The summed E-state index contributed by atoms with van der Waals surface area (Å²) in [7, 11) is 0. The number of amides is 4. The molecule has 59 heavy (non-hydrogen) atoms. The maximum Gasteiger partial charge on any atom is 0.418 e. The number of likely N-dealkylation sites (tertiary alicyclic amines) is 3. The van der Waals surface area contributed by atoms with Crippen LogP contribution >= 0.6 is 11.6 Å². The van der Waals surface area contributed by atoms with Gasteiger partial charge in [-0.25, -0.2) is 9.59 Å². The number of hydrogen-bond donors (Lipinski definition) is 2. The van der Waals surface area contributed by atoms with E-state index < -0.39 is 35.5 Å². The summed E-state index contributed by atoms with van der Waals surface area (Å²) in [5.41, 5.74) is 5.87. The van der Waals surface area contributed by atoms with Crippen LogP contribution in [-0.2, 0) is 38.1 Å². The zero-order chi connectivity index (χ0) is 42.1. The van der Waals surface area contributed by atoms with Crippen LogP contribution in [0.25, 0.3) is 0 Å². The fourth-order valence-corrected chi connectivity index (χ4v) is 9.28. The van der Waals surface area contributed by atoms with Crippen molar-refractivity contribution >= 4 is 47.0 Å². The van der Waals surface area contributed by atoms with Crippen LogP contribution in [0.5, 0.6) is 0 Å². The number of urea groups is 1. The zero-order valence-electron chi connectivity index (χ0n) is 34.0. The Hall–Kier alpha value is -4.24. The molecule has 0 spiro atoms. The molecule has 3 fully saturated rings. The summed E-state index contributed by atoms with van der Waals surface area (Å²) in [4.78, 5) is 60.5. The van der Waals surface area contributed by atoms with Crippen molar-refractivity contribution < 1.29 is 41.8 Å². The maximum atomic E-state index is 14.2. The molecule has 4 aliphatic rings. The number of halogens is 4. The SMILES string of the molecule is CCCCCCOC(=O)CN1CCC(C2CCN(C(=O)[C@@H](Cc3cc(Cl)c(N)c(C(F)(F)F)c3)OC(=O)N3CCC(N4CCc5ccccc5NC4=O)CC3)CC2)CC1. The molecule has 0 bridgehead atoms. The molecule has 6 rings (SSSR count). The van der Waals surface area contributed by atoms with E-state index in [1.165, 1.54) is 11.0 Å². The van der Waals surface area contributed by atoms with Gasteiger partial charge in [0, 0.05) is 50.9 Å². The summed E-state index contributed by atoms with van der Waals surface area (Å²) in [5.74, 6) is 0.158. The summed E-state index contributed by atoms with van der Waals surface area (Å²) < 4.78 is 53.1. The second kappa shape index (κ2) is 20.3. The lowest BCUT2D eigenvalue weighted by atomic mass is 9.78. The lowest BCUT2D eigenvalue weighted by Gasteiger charge is -2.41. The van der Waals surface area contributed by atoms with E-state index in [1.54, 1.807) is 9.80 Å². The Balaban J connectivity index is 1.04. The number of carbonyl (C=O) groups is 4. The third kappa shape index (κ3) is 11.7. The van der Waals surface area contributed by atoms with Crippen molar-refractivity contribution in [2.45, 2.75) is 102 Å². The average molecular weight is 847 g/mol. The summed E-state index contributed by atoms with van der Waals surface area (Å²) in [6, 6.07) is 9.51. The van der Waals surface area contributed by atoms with Crippen molar-refractivity contribution in [1.29, 1.82) is 0 Å². The number of fused-ring (bicyclic) bond motifs is 1. The Bertz CT molecular complexity index is 1780. The van der Waals surface area contributed by atoms with Crippen LogP contribution in [0.1, 0.15) is 87.8 Å². The van der Waals surface area contributed by atoms with Crippen molar-refractivity contribution in [1.82, 2.24) is 19.6 Å². The van der Waals surface area contributed by atoms with Gasteiger partial charge in [0.15, 0.2) is 6.10 Å². The van der Waals surface area contributed by atoms with Gasteiger partial charge < -0.3 is 35.2 Å². The molecule has 2 aromatic rings. The Morgan fingerprint density at radius 1 is 0.898 bits per heavy atom. The Kier molecular flexibility index (Phi) is 15.3. The van der Waals surface area contributed by atoms with Crippen LogP contribution in [0.4, 0.5) is 34.1 Å². The summed E-state index contributed by atoms with van der Waals surface area (Å²) >= 11 is 6.15. The van der Waals surface area contributed by atoms with Gasteiger partial charge in [-0.15, -0.1) is 0 Å². The predicted molar refractivity (Wildman–Crippen MR) is 219 cm³/mol. The minimum Gasteiger partial charge on any atom is -0.465 e. The van der Waals surface area contributed by atoms with Gasteiger partial charge in [0.2, 0.25) is 0 Å². The summed E-state index contributed by atoms with van der Waals surface area (Å²) in [6.45, 7) is 6.42. The summed E-state index contributed by atoms with van der Waals surface area (Å²) in [6.07, 6.45) is 2.01. The lowest BCUT2D eigenvalue weighted by molar-refractivity contribution is -0.145. The third-order valence-corrected chi connectivity index (χ3v) is 12.8. The number of carbonyl (C=O) groups excluding carboxylic acids is 4. The number of rotatable bonds is 13. The van der Waals surface area contributed by atoms with Gasteiger partial charge in [-0.05, 0) is 106 Å². The van der Waals surface area contributed by atoms with Gasteiger partial charge in [0.05, 0.1) is 29.4 Å². The van der Waals surface area contributed by atoms with Gasteiger partial charge in [-0.1, -0.05) is 56.0 Å². The highest BCUT2D eigenvalue weighted by molar-refractivity contribution is 6.33. The normalized spacial score (nSPS) is 19.5. The van der Waals surface area contributed by atoms with Crippen molar-refractivity contribution in [3.63, 3.8) is 0 Å². The van der Waals surface area contributed by atoms with Gasteiger partial charge in [-0.3, -0.25) is 14.5 Å². The van der Waals surface area contributed by atoms with Gasteiger partial charge in [-0.2, -0.15) is 13.2 Å². The Morgan fingerprint density at radius 2 is 1.56 bits per heavy atom. The number of para-hydroxylation sites is 1. The van der Waals surface area contributed by atoms with E-state index in [4.69, 9.17) is 26.8 Å². The topological polar surface area (TPSA) is 138 Å². The van der Waals surface area contributed by atoms with Crippen molar-refractivity contribution in [3.8, 4) is 0 Å². The number of anilines is 2. The van der Waals surface area contributed by atoms with E-state index in [1.807, 2.05) is 24.3 Å². The van der Waals surface area contributed by atoms with E-state index in [9.17, 15) is 32.3 Å². The van der Waals surface area contributed by atoms with Crippen LogP contribution in [0.2, 0.25) is 5.02 Å². The first kappa shape index (κ1) is 44.3. The van der Waals surface area contributed by atoms with Crippen LogP contribution in [-0.4, -0.2) is 115 Å². The number of hydrogen-bond acceptors (Lipinski definition) is 8. The largest absolute Gasteiger partial charge is 0.465 e. The Morgan fingerprint density at radius 3 is 2.24 bits per heavy atom. The van der Waals surface area contributed by atoms with Gasteiger partial charge in [0.1, 0.15) is 0 Å². The first-order chi connectivity index (χ1) is 28.3. The van der Waals surface area contributed by atoms with Crippen molar-refractivity contribution in [3.05, 3.63) is 58.1 Å². The fourth-order valence-electron chi connectivity index (χ4n) is 9.03. The van der Waals surface area contributed by atoms with Gasteiger partial charge >= 0.3 is 24.3 Å². The lowest BCUT2D eigenvalue weighted by Crippen LogP contribution is -2.52. The number of esters is 1. The van der Waals surface area contributed by atoms with Crippen LogP contribution in [0, 0.1) is 11.8 Å². The monoisotopic (exact) mass is 846 g/mol. The van der Waals surface area contributed by atoms with Crippen molar-refractivity contribution in [2.75, 3.05) is 70.0 Å². The number of nitrogens with zero attached hydrogens (tertiary/aromatic N) is 4. The molecule has 0 unspecified atom stereocenters. The van der Waals surface area contributed by atoms with Crippen LogP contribution in [0.15, 0.2) is 36.4 Å². The van der Waals surface area contributed by atoms with E-state index in [2.05, 4.69) is 17.1 Å². The molecule has 4 amide bonds. The number of nitrogens with one attached hydrogen (secondary N) is 1. The van der Waals surface area contributed by atoms with E-state index >= 15 is 0 Å². The second-order valence-electron chi connectivity index (χ2n) is 16.4. The van der Waals surface area contributed by atoms with E-state index in [0.29, 0.717) is 63.9 Å². The smallest absolute Gasteiger partial charge is 0.418 e. The van der Waals surface area contributed by atoms with E-state index in [0.717, 1.165) is 81.8 Å². The number of unbranched alkanes of at least 4 members (excludes halogenated alkanes) is 3. The number of piperidine rings is 3. The average Bonchev–Trinajstić information content (AvgIpc) is 3.39. The zero-order valence-corrected chi connectivity index (χ0v) is 34.7. The molecule has 12 nitrogen and oxygen atoms in total. The van der Waals surface area contributed by atoms with Crippen LogP contribution < -0.4 is 11.1 Å². The quantitative estimate of drug-likeness (QED) is 0.119. The summed E-state index contributed by atoms with van der Waals surface area (Å²) in [5, 5.41) is 2.69. The maximum absolute atomic E-state index is 14.2. The van der Waals surface area contributed by atoms with E-state index in [-0.39, 0.29) is 48.1 Å². The predicted octanol–water partition coefficient (Wildman–Crippen LogP) is 7.62. The Labute approximate surface area is 349 Å².